The third-order valence-electron chi connectivity index (χ3n) is 1.51. The van der Waals surface area contributed by atoms with E-state index in [1.165, 1.54) is 24.6 Å². The average molecular weight is 222 g/mol. The fourth-order valence-corrected chi connectivity index (χ4v) is 1.08. The summed E-state index contributed by atoms with van der Waals surface area (Å²) in [7, 11) is 0. The van der Waals surface area contributed by atoms with Gasteiger partial charge < -0.3 is 9.47 Å². The maximum atomic E-state index is 5.34. The number of thiocarbonyl (C=S) groups is 1. The molecule has 0 amide bonds. The van der Waals surface area contributed by atoms with Gasteiger partial charge in [-0.15, -0.1) is 0 Å². The van der Waals surface area contributed by atoms with Gasteiger partial charge in [-0.25, -0.2) is 0 Å². The molecule has 0 aliphatic rings. The van der Waals surface area contributed by atoms with Crippen LogP contribution in [0.5, 0.6) is 0 Å². The van der Waals surface area contributed by atoms with Crippen molar-refractivity contribution in [3.8, 4) is 0 Å². The van der Waals surface area contributed by atoms with Crippen molar-refractivity contribution in [1.29, 1.82) is 0 Å². The Morgan fingerprint density at radius 1 is 1.23 bits per heavy atom. The lowest BCUT2D eigenvalue weighted by Crippen LogP contribution is -2.07. The van der Waals surface area contributed by atoms with Crippen molar-refractivity contribution in [1.82, 2.24) is 0 Å². The van der Waals surface area contributed by atoms with Crippen LogP contribution in [-0.2, 0) is 9.47 Å². The lowest BCUT2D eigenvalue weighted by atomic mass is 10.3. The molecule has 0 aromatic rings. The largest absolute Gasteiger partial charge is 0.476 e. The van der Waals surface area contributed by atoms with E-state index in [1.54, 1.807) is 0 Å². The molecule has 4 heteroatoms. The van der Waals surface area contributed by atoms with E-state index in [-0.39, 0.29) is 0 Å². The molecular weight excluding hydrogens is 204 g/mol. The fourth-order valence-electron chi connectivity index (χ4n) is 0.799. The lowest BCUT2D eigenvalue weighted by Gasteiger charge is -2.05. The van der Waals surface area contributed by atoms with Gasteiger partial charge in [-0.1, -0.05) is 31.5 Å². The molecule has 0 aromatic heterocycles. The minimum absolute atomic E-state index is 0.575. The van der Waals surface area contributed by atoms with Gasteiger partial charge >= 0.3 is 0 Å². The molecule has 13 heavy (non-hydrogen) atoms. The molecule has 0 N–H and O–H groups in total. The van der Waals surface area contributed by atoms with Crippen LogP contribution in [0, 0.1) is 0 Å². The molecule has 78 valence electrons. The molecule has 0 bridgehead atoms. The second kappa shape index (κ2) is 10.3. The van der Waals surface area contributed by atoms with Crippen LogP contribution in [0.4, 0.5) is 0 Å². The van der Waals surface area contributed by atoms with E-state index in [1.807, 2.05) is 6.26 Å². The maximum absolute atomic E-state index is 5.34. The Hall–Kier alpha value is 0.200. The lowest BCUT2D eigenvalue weighted by molar-refractivity contribution is 0.0964. The highest BCUT2D eigenvalue weighted by Crippen LogP contribution is 1.99. The second-order valence-corrected chi connectivity index (χ2v) is 4.03. The predicted molar refractivity (Wildman–Crippen MR) is 62.4 cm³/mol. The van der Waals surface area contributed by atoms with Crippen LogP contribution < -0.4 is 0 Å². The molecule has 0 rings (SSSR count). The summed E-state index contributed by atoms with van der Waals surface area (Å²) in [6.07, 6.45) is 5.52. The van der Waals surface area contributed by atoms with Gasteiger partial charge in [-0.05, 0) is 24.9 Å². The van der Waals surface area contributed by atoms with E-state index in [0.717, 1.165) is 13.0 Å². The third kappa shape index (κ3) is 10.1. The second-order valence-electron chi connectivity index (χ2n) is 2.62. The number of unbranched alkanes of at least 4 members (excludes halogenated alkanes) is 2. The van der Waals surface area contributed by atoms with E-state index >= 15 is 0 Å². The summed E-state index contributed by atoms with van der Waals surface area (Å²) in [5.41, 5.74) is 0. The molecule has 0 saturated carbocycles. The zero-order chi connectivity index (χ0) is 9.94. The smallest absolute Gasteiger partial charge is 0.219 e. The monoisotopic (exact) mass is 222 g/mol. The SMILES string of the molecule is CCCCCOCCOC(=S)SC. The Kier molecular flexibility index (Phi) is 10.4. The summed E-state index contributed by atoms with van der Waals surface area (Å²) in [5, 5.41) is 0. The van der Waals surface area contributed by atoms with E-state index < -0.39 is 0 Å². The summed E-state index contributed by atoms with van der Waals surface area (Å²) in [4.78, 5) is 0. The van der Waals surface area contributed by atoms with Crippen LogP contribution in [0.3, 0.4) is 0 Å². The van der Waals surface area contributed by atoms with Gasteiger partial charge in [0.1, 0.15) is 6.61 Å². The number of ether oxygens (including phenoxy) is 2. The zero-order valence-corrected chi connectivity index (χ0v) is 10.0. The van der Waals surface area contributed by atoms with Gasteiger partial charge in [0.05, 0.1) is 6.61 Å². The van der Waals surface area contributed by atoms with E-state index in [2.05, 4.69) is 6.92 Å². The maximum Gasteiger partial charge on any atom is 0.219 e. The van der Waals surface area contributed by atoms with Gasteiger partial charge in [-0.2, -0.15) is 0 Å². The van der Waals surface area contributed by atoms with Gasteiger partial charge in [0.15, 0.2) is 0 Å². The number of hydrogen-bond acceptors (Lipinski definition) is 4. The average Bonchev–Trinajstić information content (AvgIpc) is 2.16. The molecule has 0 radical (unpaired) electrons. The summed E-state index contributed by atoms with van der Waals surface area (Å²) >= 11 is 6.31. The van der Waals surface area contributed by atoms with Crippen molar-refractivity contribution in [2.45, 2.75) is 26.2 Å². The molecule has 0 spiro atoms. The number of thioether (sulfide) groups is 1. The van der Waals surface area contributed by atoms with Gasteiger partial charge in [0.25, 0.3) is 0 Å². The quantitative estimate of drug-likeness (QED) is 0.487. The normalized spacial score (nSPS) is 10.0. The van der Waals surface area contributed by atoms with Crippen LogP contribution in [0.15, 0.2) is 0 Å². The van der Waals surface area contributed by atoms with Crippen LogP contribution >= 0.6 is 24.0 Å². The Balaban J connectivity index is 2.95. The Morgan fingerprint density at radius 3 is 2.62 bits per heavy atom. The van der Waals surface area contributed by atoms with Crippen molar-refractivity contribution in [2.75, 3.05) is 26.1 Å². The van der Waals surface area contributed by atoms with Crippen molar-refractivity contribution in [3.63, 3.8) is 0 Å². The topological polar surface area (TPSA) is 18.5 Å². The molecule has 0 fully saturated rings. The first-order chi connectivity index (χ1) is 6.31. The molecule has 2 nitrogen and oxygen atoms in total. The molecule has 0 aromatic carbocycles. The summed E-state index contributed by atoms with van der Waals surface area (Å²) in [6, 6.07) is 0. The first-order valence-corrected chi connectivity index (χ1v) is 6.23. The third-order valence-corrected chi connectivity index (χ3v) is 2.58. The van der Waals surface area contributed by atoms with E-state index in [9.17, 15) is 0 Å². The zero-order valence-electron chi connectivity index (χ0n) is 8.38. The highest BCUT2D eigenvalue weighted by atomic mass is 32.2. The predicted octanol–water partition coefficient (Wildman–Crippen LogP) is 2.86. The Bertz CT molecular complexity index is 129. The number of hydrogen-bond donors (Lipinski definition) is 0. The van der Waals surface area contributed by atoms with Gasteiger partial charge in [0.2, 0.25) is 4.38 Å². The van der Waals surface area contributed by atoms with Crippen LogP contribution in [0.1, 0.15) is 26.2 Å². The number of rotatable bonds is 7. The Labute approximate surface area is 90.4 Å². The van der Waals surface area contributed by atoms with Crippen LogP contribution in [-0.4, -0.2) is 30.5 Å². The van der Waals surface area contributed by atoms with Crippen molar-refractivity contribution in [2.24, 2.45) is 0 Å². The molecule has 0 heterocycles. The Morgan fingerprint density at radius 2 is 2.00 bits per heavy atom. The van der Waals surface area contributed by atoms with Crippen molar-refractivity contribution in [3.05, 3.63) is 0 Å². The summed E-state index contributed by atoms with van der Waals surface area (Å²) in [6.45, 7) is 4.24. The summed E-state index contributed by atoms with van der Waals surface area (Å²) < 4.78 is 11.1. The molecule has 0 aliphatic heterocycles. The fraction of sp³-hybridized carbons (Fsp3) is 0.889. The highest BCUT2D eigenvalue weighted by molar-refractivity contribution is 8.22. The first-order valence-electron chi connectivity index (χ1n) is 4.59. The summed E-state index contributed by atoms with van der Waals surface area (Å²) in [5.74, 6) is 0. The minimum Gasteiger partial charge on any atom is -0.476 e. The van der Waals surface area contributed by atoms with E-state index in [4.69, 9.17) is 21.7 Å². The van der Waals surface area contributed by atoms with E-state index in [0.29, 0.717) is 17.6 Å². The first kappa shape index (κ1) is 13.2. The van der Waals surface area contributed by atoms with Crippen molar-refractivity contribution >= 4 is 28.4 Å². The van der Waals surface area contributed by atoms with Crippen LogP contribution in [0.2, 0.25) is 0 Å². The molecule has 0 unspecified atom stereocenters. The van der Waals surface area contributed by atoms with Crippen LogP contribution in [0.25, 0.3) is 0 Å². The van der Waals surface area contributed by atoms with Gasteiger partial charge in [-0.3, -0.25) is 0 Å². The molecular formula is C9H18O2S2. The highest BCUT2D eigenvalue weighted by Gasteiger charge is 1.93. The van der Waals surface area contributed by atoms with Gasteiger partial charge in [0, 0.05) is 6.61 Å². The minimum atomic E-state index is 0.575. The molecule has 0 atom stereocenters. The molecule has 0 saturated heterocycles. The van der Waals surface area contributed by atoms with Crippen molar-refractivity contribution < 1.29 is 9.47 Å². The molecule has 0 aliphatic carbocycles. The standard InChI is InChI=1S/C9H18O2S2/c1-3-4-5-6-10-7-8-11-9(12)13-2/h3-8H2,1-2H3.